The minimum atomic E-state index is -0.154. The van der Waals surface area contributed by atoms with E-state index in [0.717, 1.165) is 44.3 Å². The number of rotatable bonds is 9. The van der Waals surface area contributed by atoms with Gasteiger partial charge in [-0.2, -0.15) is 0 Å². The van der Waals surface area contributed by atoms with E-state index in [4.69, 9.17) is 4.74 Å². The van der Waals surface area contributed by atoms with Gasteiger partial charge in [0, 0.05) is 6.07 Å². The van der Waals surface area contributed by atoms with Gasteiger partial charge in [0.25, 0.3) is 0 Å². The zero-order valence-corrected chi connectivity index (χ0v) is 11.5. The van der Waals surface area contributed by atoms with E-state index >= 15 is 0 Å². The van der Waals surface area contributed by atoms with Crippen LogP contribution < -0.4 is 10.1 Å². The molecular formula is C15H24FNO. The van der Waals surface area contributed by atoms with Crippen molar-refractivity contribution in [2.24, 2.45) is 0 Å². The summed E-state index contributed by atoms with van der Waals surface area (Å²) >= 11 is 0. The molecule has 0 fully saturated rings. The molecule has 0 aliphatic carbocycles. The molecule has 1 N–H and O–H groups in total. The molecule has 102 valence electrons. The molecule has 0 heterocycles. The first-order chi connectivity index (χ1) is 8.77. The molecule has 1 aromatic carbocycles. The average molecular weight is 253 g/mol. The maximum Gasteiger partial charge on any atom is 0.130 e. The number of benzene rings is 1. The van der Waals surface area contributed by atoms with Crippen molar-refractivity contribution in [1.29, 1.82) is 0 Å². The topological polar surface area (TPSA) is 21.3 Å². The summed E-state index contributed by atoms with van der Waals surface area (Å²) in [5, 5.41) is 3.37. The minimum Gasteiger partial charge on any atom is -0.497 e. The van der Waals surface area contributed by atoms with Crippen LogP contribution in [-0.2, 0) is 6.42 Å². The molecule has 0 radical (unpaired) electrons. The van der Waals surface area contributed by atoms with Crippen LogP contribution in [-0.4, -0.2) is 20.2 Å². The van der Waals surface area contributed by atoms with Gasteiger partial charge >= 0.3 is 0 Å². The number of methoxy groups -OCH3 is 1. The summed E-state index contributed by atoms with van der Waals surface area (Å²) < 4.78 is 18.6. The lowest BCUT2D eigenvalue weighted by Crippen LogP contribution is -2.15. The van der Waals surface area contributed by atoms with E-state index in [1.807, 2.05) is 12.1 Å². The highest BCUT2D eigenvalue weighted by atomic mass is 19.1. The summed E-state index contributed by atoms with van der Waals surface area (Å²) in [5.74, 6) is 0.429. The highest BCUT2D eigenvalue weighted by Gasteiger charge is 2.03. The van der Waals surface area contributed by atoms with E-state index in [1.54, 1.807) is 7.11 Å². The van der Waals surface area contributed by atoms with E-state index in [1.165, 1.54) is 12.5 Å². The molecule has 0 saturated carbocycles. The maximum atomic E-state index is 13.6. The Morgan fingerprint density at radius 1 is 1.17 bits per heavy atom. The van der Waals surface area contributed by atoms with Gasteiger partial charge in [0.15, 0.2) is 0 Å². The van der Waals surface area contributed by atoms with Crippen molar-refractivity contribution in [2.75, 3.05) is 20.2 Å². The summed E-state index contributed by atoms with van der Waals surface area (Å²) in [6, 6.07) is 5.10. The number of halogens is 1. The van der Waals surface area contributed by atoms with Gasteiger partial charge in [-0.1, -0.05) is 19.4 Å². The first kappa shape index (κ1) is 15.0. The normalized spacial score (nSPS) is 10.6. The van der Waals surface area contributed by atoms with Crippen LogP contribution in [0.3, 0.4) is 0 Å². The highest BCUT2D eigenvalue weighted by Crippen LogP contribution is 2.18. The molecule has 3 heteroatoms. The molecule has 1 rings (SSSR count). The third-order valence-corrected chi connectivity index (χ3v) is 2.99. The average Bonchev–Trinajstić information content (AvgIpc) is 2.39. The van der Waals surface area contributed by atoms with Crippen LogP contribution in [0.1, 0.15) is 38.2 Å². The van der Waals surface area contributed by atoms with Crippen molar-refractivity contribution in [3.05, 3.63) is 29.6 Å². The molecular weight excluding hydrogens is 229 g/mol. The second-order valence-corrected chi connectivity index (χ2v) is 4.52. The fraction of sp³-hybridized carbons (Fsp3) is 0.600. The molecule has 0 bridgehead atoms. The van der Waals surface area contributed by atoms with Gasteiger partial charge in [-0.25, -0.2) is 4.39 Å². The first-order valence-electron chi connectivity index (χ1n) is 6.81. The van der Waals surface area contributed by atoms with Gasteiger partial charge < -0.3 is 10.1 Å². The molecule has 0 saturated heterocycles. The quantitative estimate of drug-likeness (QED) is 0.680. The maximum absolute atomic E-state index is 13.6. The van der Waals surface area contributed by atoms with Crippen LogP contribution in [0, 0.1) is 5.82 Å². The van der Waals surface area contributed by atoms with Crippen molar-refractivity contribution in [2.45, 2.75) is 39.0 Å². The number of ether oxygens (including phenoxy) is 1. The van der Waals surface area contributed by atoms with Crippen molar-refractivity contribution in [3.8, 4) is 5.75 Å². The Balaban J connectivity index is 2.19. The van der Waals surface area contributed by atoms with Crippen molar-refractivity contribution in [3.63, 3.8) is 0 Å². The predicted octanol–water partition coefficient (Wildman–Crippen LogP) is 3.55. The standard InChI is InChI=1S/C15H24FNO/c1-3-10-17-11-6-4-5-7-13-8-9-14(18-2)12-15(13)16/h8-9,12,17H,3-7,10-11H2,1-2H3. The van der Waals surface area contributed by atoms with Crippen LogP contribution in [0.15, 0.2) is 18.2 Å². The van der Waals surface area contributed by atoms with Crippen LogP contribution >= 0.6 is 0 Å². The lowest BCUT2D eigenvalue weighted by molar-refractivity contribution is 0.410. The number of hydrogen-bond donors (Lipinski definition) is 1. The third-order valence-electron chi connectivity index (χ3n) is 2.99. The smallest absolute Gasteiger partial charge is 0.130 e. The van der Waals surface area contributed by atoms with E-state index < -0.39 is 0 Å². The fourth-order valence-corrected chi connectivity index (χ4v) is 1.90. The zero-order chi connectivity index (χ0) is 13.2. The second-order valence-electron chi connectivity index (χ2n) is 4.52. The number of hydrogen-bond acceptors (Lipinski definition) is 2. The van der Waals surface area contributed by atoms with Gasteiger partial charge in [0.1, 0.15) is 11.6 Å². The number of nitrogens with one attached hydrogen (secondary N) is 1. The SMILES string of the molecule is CCCNCCCCCc1ccc(OC)cc1F. The molecule has 0 aliphatic rings. The molecule has 1 aromatic rings. The third kappa shape index (κ3) is 5.50. The predicted molar refractivity (Wildman–Crippen MR) is 73.7 cm³/mol. The molecule has 0 atom stereocenters. The Morgan fingerprint density at radius 2 is 2.00 bits per heavy atom. The molecule has 18 heavy (non-hydrogen) atoms. The first-order valence-corrected chi connectivity index (χ1v) is 6.81. The van der Waals surface area contributed by atoms with Gasteiger partial charge in [0.05, 0.1) is 7.11 Å². The molecule has 0 aliphatic heterocycles. The molecule has 2 nitrogen and oxygen atoms in total. The summed E-state index contributed by atoms with van der Waals surface area (Å²) in [6.45, 7) is 4.32. The van der Waals surface area contributed by atoms with E-state index in [-0.39, 0.29) is 5.82 Å². The van der Waals surface area contributed by atoms with Crippen molar-refractivity contribution >= 4 is 0 Å². The largest absolute Gasteiger partial charge is 0.497 e. The van der Waals surface area contributed by atoms with E-state index in [9.17, 15) is 4.39 Å². The van der Waals surface area contributed by atoms with Crippen LogP contribution in [0.4, 0.5) is 4.39 Å². The van der Waals surface area contributed by atoms with Crippen LogP contribution in [0.5, 0.6) is 5.75 Å². The molecule has 0 unspecified atom stereocenters. The Morgan fingerprint density at radius 3 is 2.67 bits per heavy atom. The number of unbranched alkanes of at least 4 members (excludes halogenated alkanes) is 2. The van der Waals surface area contributed by atoms with E-state index in [0.29, 0.717) is 5.75 Å². The van der Waals surface area contributed by atoms with Crippen molar-refractivity contribution < 1.29 is 9.13 Å². The molecule has 0 aromatic heterocycles. The minimum absolute atomic E-state index is 0.154. The Hall–Kier alpha value is -1.09. The summed E-state index contributed by atoms with van der Waals surface area (Å²) in [5.41, 5.74) is 0.789. The molecule has 0 amide bonds. The van der Waals surface area contributed by atoms with Gasteiger partial charge in [-0.3, -0.25) is 0 Å². The zero-order valence-electron chi connectivity index (χ0n) is 11.5. The summed E-state index contributed by atoms with van der Waals surface area (Å²) in [6.07, 6.45) is 5.33. The lowest BCUT2D eigenvalue weighted by atomic mass is 10.1. The van der Waals surface area contributed by atoms with Crippen molar-refractivity contribution in [1.82, 2.24) is 5.32 Å². The van der Waals surface area contributed by atoms with Crippen LogP contribution in [0.2, 0.25) is 0 Å². The number of aryl methyl sites for hydroxylation is 1. The van der Waals surface area contributed by atoms with E-state index in [2.05, 4.69) is 12.2 Å². The molecule has 0 spiro atoms. The highest BCUT2D eigenvalue weighted by molar-refractivity contribution is 5.28. The Kier molecular flexibility index (Phi) is 7.42. The van der Waals surface area contributed by atoms with Gasteiger partial charge in [-0.15, -0.1) is 0 Å². The van der Waals surface area contributed by atoms with Gasteiger partial charge in [-0.05, 0) is 50.4 Å². The second kappa shape index (κ2) is 8.92. The van der Waals surface area contributed by atoms with Gasteiger partial charge in [0.2, 0.25) is 0 Å². The fourth-order valence-electron chi connectivity index (χ4n) is 1.90. The summed E-state index contributed by atoms with van der Waals surface area (Å²) in [4.78, 5) is 0. The van der Waals surface area contributed by atoms with Crippen LogP contribution in [0.25, 0.3) is 0 Å². The Labute approximate surface area is 110 Å². The lowest BCUT2D eigenvalue weighted by Gasteiger charge is -2.06. The monoisotopic (exact) mass is 253 g/mol. The summed E-state index contributed by atoms with van der Waals surface area (Å²) in [7, 11) is 1.55. The Bertz CT molecular complexity index is 341.